The largest absolute Gasteiger partial charge is 0.476 e. The lowest BCUT2D eigenvalue weighted by Crippen LogP contribution is -2.21. The van der Waals surface area contributed by atoms with Crippen LogP contribution in [0.5, 0.6) is 0 Å². The molecule has 1 aliphatic rings. The molecule has 13 heavy (non-hydrogen) atoms. The number of carboxylic acid groups (broad SMARTS) is 1. The first-order chi connectivity index (χ1) is 6.27. The van der Waals surface area contributed by atoms with E-state index in [1.54, 1.807) is 0 Å². The van der Waals surface area contributed by atoms with E-state index >= 15 is 0 Å². The maximum atomic E-state index is 10.7. The van der Waals surface area contributed by atoms with Gasteiger partial charge in [-0.1, -0.05) is 11.6 Å². The Morgan fingerprint density at radius 3 is 3.00 bits per heavy atom. The zero-order chi connectivity index (χ0) is 9.26. The van der Waals surface area contributed by atoms with Gasteiger partial charge in [-0.3, -0.25) is 0 Å². The van der Waals surface area contributed by atoms with E-state index in [9.17, 15) is 4.79 Å². The summed E-state index contributed by atoms with van der Waals surface area (Å²) >= 11 is 0. The summed E-state index contributed by atoms with van der Waals surface area (Å²) < 4.78 is 1.48. The maximum Gasteiger partial charge on any atom is 0.355 e. The average Bonchev–Trinajstić information content (AvgIpc) is 2.44. The number of rotatable bonds is 3. The van der Waals surface area contributed by atoms with Crippen molar-refractivity contribution in [2.75, 3.05) is 0 Å². The number of aromatic nitrogens is 3. The van der Waals surface area contributed by atoms with Crippen LogP contribution >= 0.6 is 0 Å². The van der Waals surface area contributed by atoms with Crippen LogP contribution in [-0.4, -0.2) is 26.1 Å². The first-order valence-electron chi connectivity index (χ1n) is 4.39. The van der Waals surface area contributed by atoms with Crippen LogP contribution in [0.25, 0.3) is 0 Å². The lowest BCUT2D eigenvalue weighted by molar-refractivity contribution is 0.0680. The van der Waals surface area contributed by atoms with Crippen molar-refractivity contribution in [1.29, 1.82) is 0 Å². The molecule has 0 spiro atoms. The monoisotopic (exact) mass is 181 g/mol. The first-order valence-corrected chi connectivity index (χ1v) is 4.39. The first kappa shape index (κ1) is 8.22. The Morgan fingerprint density at radius 1 is 1.69 bits per heavy atom. The number of carbonyl (C=O) groups is 1. The SMILES string of the molecule is O=C(O)c1cnnn1CC1CCC1. The van der Waals surface area contributed by atoms with Crippen LogP contribution in [0, 0.1) is 5.92 Å². The molecule has 1 heterocycles. The zero-order valence-electron chi connectivity index (χ0n) is 7.18. The van der Waals surface area contributed by atoms with Gasteiger partial charge in [0.1, 0.15) is 0 Å². The fourth-order valence-corrected chi connectivity index (χ4v) is 1.48. The van der Waals surface area contributed by atoms with Gasteiger partial charge < -0.3 is 5.11 Å². The molecule has 2 rings (SSSR count). The molecular weight excluding hydrogens is 170 g/mol. The van der Waals surface area contributed by atoms with Crippen molar-refractivity contribution in [1.82, 2.24) is 15.0 Å². The summed E-state index contributed by atoms with van der Waals surface area (Å²) in [4.78, 5) is 10.7. The lowest BCUT2D eigenvalue weighted by Gasteiger charge is -2.24. The molecule has 70 valence electrons. The molecule has 0 saturated heterocycles. The molecule has 1 aromatic rings. The molecule has 5 heteroatoms. The molecule has 5 nitrogen and oxygen atoms in total. The standard InChI is InChI=1S/C8H11N3O2/c12-8(13)7-4-9-10-11(7)5-6-2-1-3-6/h4,6H,1-3,5H2,(H,12,13). The Hall–Kier alpha value is -1.39. The predicted molar refractivity (Wildman–Crippen MR) is 44.3 cm³/mol. The Balaban J connectivity index is 2.09. The van der Waals surface area contributed by atoms with Gasteiger partial charge in [-0.25, -0.2) is 9.48 Å². The molecule has 0 bridgehead atoms. The van der Waals surface area contributed by atoms with Gasteiger partial charge in [0.25, 0.3) is 0 Å². The van der Waals surface area contributed by atoms with Gasteiger partial charge >= 0.3 is 5.97 Å². The van der Waals surface area contributed by atoms with Crippen molar-refractivity contribution in [3.05, 3.63) is 11.9 Å². The van der Waals surface area contributed by atoms with Crippen molar-refractivity contribution in [3.8, 4) is 0 Å². The highest BCUT2D eigenvalue weighted by atomic mass is 16.4. The van der Waals surface area contributed by atoms with Gasteiger partial charge in [-0.05, 0) is 18.8 Å². The quantitative estimate of drug-likeness (QED) is 0.748. The number of aromatic carboxylic acids is 1. The smallest absolute Gasteiger partial charge is 0.355 e. The van der Waals surface area contributed by atoms with Gasteiger partial charge in [-0.2, -0.15) is 0 Å². The molecule has 1 fully saturated rings. The molecule has 0 aromatic carbocycles. The minimum Gasteiger partial charge on any atom is -0.476 e. The summed E-state index contributed by atoms with van der Waals surface area (Å²) in [7, 11) is 0. The van der Waals surface area contributed by atoms with Crippen LogP contribution < -0.4 is 0 Å². The van der Waals surface area contributed by atoms with Crippen molar-refractivity contribution >= 4 is 5.97 Å². The third-order valence-electron chi connectivity index (χ3n) is 2.49. The van der Waals surface area contributed by atoms with Crippen LogP contribution in [0.4, 0.5) is 0 Å². The van der Waals surface area contributed by atoms with E-state index in [1.165, 1.54) is 30.1 Å². The third kappa shape index (κ3) is 1.54. The Labute approximate surface area is 75.4 Å². The molecule has 0 amide bonds. The summed E-state index contributed by atoms with van der Waals surface area (Å²) in [6.45, 7) is 0.696. The summed E-state index contributed by atoms with van der Waals surface area (Å²) in [5.74, 6) is -0.357. The summed E-state index contributed by atoms with van der Waals surface area (Å²) in [5, 5.41) is 16.1. The van der Waals surface area contributed by atoms with E-state index in [1.807, 2.05) is 0 Å². The Morgan fingerprint density at radius 2 is 2.46 bits per heavy atom. The van der Waals surface area contributed by atoms with Crippen molar-refractivity contribution in [3.63, 3.8) is 0 Å². The number of hydrogen-bond donors (Lipinski definition) is 1. The number of nitrogens with zero attached hydrogens (tertiary/aromatic N) is 3. The minimum absolute atomic E-state index is 0.187. The second-order valence-electron chi connectivity index (χ2n) is 3.40. The lowest BCUT2D eigenvalue weighted by atomic mass is 9.85. The van der Waals surface area contributed by atoms with E-state index in [-0.39, 0.29) is 5.69 Å². The van der Waals surface area contributed by atoms with Gasteiger partial charge in [0.2, 0.25) is 0 Å². The normalized spacial score (nSPS) is 16.9. The fourth-order valence-electron chi connectivity index (χ4n) is 1.48. The van der Waals surface area contributed by atoms with Crippen molar-refractivity contribution in [2.24, 2.45) is 5.92 Å². The average molecular weight is 181 g/mol. The third-order valence-corrected chi connectivity index (χ3v) is 2.49. The van der Waals surface area contributed by atoms with E-state index in [0.29, 0.717) is 12.5 Å². The maximum absolute atomic E-state index is 10.7. The minimum atomic E-state index is -0.954. The molecule has 0 radical (unpaired) electrons. The molecule has 0 aliphatic heterocycles. The molecule has 0 atom stereocenters. The highest BCUT2D eigenvalue weighted by Crippen LogP contribution is 2.27. The van der Waals surface area contributed by atoms with Crippen LogP contribution in [-0.2, 0) is 6.54 Å². The van der Waals surface area contributed by atoms with Crippen LogP contribution in [0.2, 0.25) is 0 Å². The highest BCUT2D eigenvalue weighted by molar-refractivity contribution is 5.85. The van der Waals surface area contributed by atoms with Crippen molar-refractivity contribution < 1.29 is 9.90 Å². The second kappa shape index (κ2) is 3.16. The van der Waals surface area contributed by atoms with Crippen LogP contribution in [0.15, 0.2) is 6.20 Å². The van der Waals surface area contributed by atoms with Crippen molar-refractivity contribution in [2.45, 2.75) is 25.8 Å². The topological polar surface area (TPSA) is 68.0 Å². The van der Waals surface area contributed by atoms with E-state index in [2.05, 4.69) is 10.3 Å². The summed E-state index contributed by atoms with van der Waals surface area (Å²) in [6.07, 6.45) is 4.90. The predicted octanol–water partition coefficient (Wildman–Crippen LogP) is 0.776. The van der Waals surface area contributed by atoms with Crippen LogP contribution in [0.3, 0.4) is 0 Å². The Bertz CT molecular complexity index is 317. The molecule has 1 aliphatic carbocycles. The molecular formula is C8H11N3O2. The number of hydrogen-bond acceptors (Lipinski definition) is 3. The Kier molecular flexibility index (Phi) is 2.00. The van der Waals surface area contributed by atoms with Gasteiger partial charge in [0, 0.05) is 6.54 Å². The van der Waals surface area contributed by atoms with E-state index < -0.39 is 5.97 Å². The van der Waals surface area contributed by atoms with E-state index in [0.717, 1.165) is 0 Å². The highest BCUT2D eigenvalue weighted by Gasteiger charge is 2.21. The molecule has 1 saturated carbocycles. The zero-order valence-corrected chi connectivity index (χ0v) is 7.18. The van der Waals surface area contributed by atoms with Gasteiger partial charge in [-0.15, -0.1) is 5.10 Å². The van der Waals surface area contributed by atoms with Crippen LogP contribution in [0.1, 0.15) is 29.8 Å². The molecule has 1 aromatic heterocycles. The van der Waals surface area contributed by atoms with Gasteiger partial charge in [0.05, 0.1) is 6.20 Å². The summed E-state index contributed by atoms with van der Waals surface area (Å²) in [6, 6.07) is 0. The van der Waals surface area contributed by atoms with Gasteiger partial charge in [0.15, 0.2) is 5.69 Å². The number of carboxylic acids is 1. The second-order valence-corrected chi connectivity index (χ2v) is 3.40. The molecule has 0 unspecified atom stereocenters. The van der Waals surface area contributed by atoms with E-state index in [4.69, 9.17) is 5.11 Å². The molecule has 1 N–H and O–H groups in total. The summed E-state index contributed by atoms with van der Waals surface area (Å²) in [5.41, 5.74) is 0.187. The fraction of sp³-hybridized carbons (Fsp3) is 0.625.